The molecular weight excluding hydrogens is 216 g/mol. The van der Waals surface area contributed by atoms with Gasteiger partial charge in [-0.05, 0) is 30.9 Å². The zero-order chi connectivity index (χ0) is 12.3. The summed E-state index contributed by atoms with van der Waals surface area (Å²) in [6, 6.07) is 5.28. The lowest BCUT2D eigenvalue weighted by atomic mass is 9.81. The van der Waals surface area contributed by atoms with Crippen LogP contribution in [-0.4, -0.2) is 18.2 Å². The monoisotopic (exact) mass is 234 g/mol. The van der Waals surface area contributed by atoms with E-state index >= 15 is 0 Å². The topological polar surface area (TPSA) is 46.5 Å². The Kier molecular flexibility index (Phi) is 3.67. The predicted molar refractivity (Wildman–Crippen MR) is 65.8 cm³/mol. The van der Waals surface area contributed by atoms with Crippen molar-refractivity contribution in [3.05, 3.63) is 29.3 Å². The first-order valence-corrected chi connectivity index (χ1v) is 6.14. The Bertz CT molecular complexity index is 406. The molecule has 0 atom stereocenters. The third kappa shape index (κ3) is 2.43. The van der Waals surface area contributed by atoms with E-state index in [1.807, 2.05) is 6.07 Å². The van der Waals surface area contributed by atoms with Crippen molar-refractivity contribution >= 4 is 5.97 Å². The molecule has 0 unspecified atom stereocenters. The van der Waals surface area contributed by atoms with E-state index in [9.17, 15) is 9.90 Å². The molecule has 1 aromatic rings. The van der Waals surface area contributed by atoms with Crippen molar-refractivity contribution in [2.75, 3.05) is 7.11 Å². The van der Waals surface area contributed by atoms with Crippen LogP contribution in [0.3, 0.4) is 0 Å². The van der Waals surface area contributed by atoms with Crippen LogP contribution in [0.2, 0.25) is 0 Å². The zero-order valence-electron chi connectivity index (χ0n) is 10.1. The largest absolute Gasteiger partial charge is 0.496 e. The van der Waals surface area contributed by atoms with Crippen LogP contribution in [0.4, 0.5) is 0 Å². The highest BCUT2D eigenvalue weighted by molar-refractivity contribution is 5.90. The molecule has 92 valence electrons. The molecule has 1 N–H and O–H groups in total. The minimum Gasteiger partial charge on any atom is -0.496 e. The summed E-state index contributed by atoms with van der Waals surface area (Å²) in [5.74, 6) is 0.201. The molecule has 0 amide bonds. The van der Waals surface area contributed by atoms with Gasteiger partial charge in [-0.2, -0.15) is 0 Å². The number of ether oxygens (including phenoxy) is 1. The molecule has 0 radical (unpaired) electrons. The number of hydrogen-bond acceptors (Lipinski definition) is 2. The average Bonchev–Trinajstić information content (AvgIpc) is 2.38. The maximum atomic E-state index is 11.3. The van der Waals surface area contributed by atoms with E-state index in [2.05, 4.69) is 0 Å². The van der Waals surface area contributed by atoms with Crippen molar-refractivity contribution in [2.24, 2.45) is 0 Å². The second-order valence-electron chi connectivity index (χ2n) is 4.56. The average molecular weight is 234 g/mol. The van der Waals surface area contributed by atoms with Crippen LogP contribution in [0.5, 0.6) is 5.75 Å². The van der Waals surface area contributed by atoms with Crippen molar-refractivity contribution in [3.8, 4) is 5.75 Å². The zero-order valence-corrected chi connectivity index (χ0v) is 10.1. The van der Waals surface area contributed by atoms with Gasteiger partial charge in [0.25, 0.3) is 0 Å². The minimum atomic E-state index is -0.857. The molecule has 0 heterocycles. The summed E-state index contributed by atoms with van der Waals surface area (Å²) in [6.07, 6.45) is 5.76. The van der Waals surface area contributed by atoms with Crippen molar-refractivity contribution in [2.45, 2.75) is 38.0 Å². The first-order valence-electron chi connectivity index (χ1n) is 6.14. The molecule has 0 bridgehead atoms. The fourth-order valence-electron chi connectivity index (χ4n) is 2.72. The first kappa shape index (κ1) is 12.0. The van der Waals surface area contributed by atoms with Gasteiger partial charge in [-0.25, -0.2) is 4.79 Å². The number of methoxy groups -OCH3 is 1. The SMILES string of the molecule is COc1cccc(C(=O)O)c1C1CCCCC1. The molecule has 3 heteroatoms. The molecule has 1 aliphatic rings. The fraction of sp³-hybridized carbons (Fsp3) is 0.500. The normalized spacial score (nSPS) is 16.8. The summed E-state index contributed by atoms with van der Waals surface area (Å²) in [6.45, 7) is 0. The standard InChI is InChI=1S/C14H18O3/c1-17-12-9-5-8-11(14(15)16)13(12)10-6-3-2-4-7-10/h5,8-10H,2-4,6-7H2,1H3,(H,15,16). The van der Waals surface area contributed by atoms with Gasteiger partial charge in [-0.15, -0.1) is 0 Å². The van der Waals surface area contributed by atoms with Crippen LogP contribution in [-0.2, 0) is 0 Å². The molecule has 0 aromatic heterocycles. The summed E-state index contributed by atoms with van der Waals surface area (Å²) in [5, 5.41) is 9.26. The second kappa shape index (κ2) is 5.21. The smallest absolute Gasteiger partial charge is 0.336 e. The van der Waals surface area contributed by atoms with Crippen molar-refractivity contribution in [1.29, 1.82) is 0 Å². The van der Waals surface area contributed by atoms with Gasteiger partial charge in [-0.1, -0.05) is 25.3 Å². The van der Waals surface area contributed by atoms with Gasteiger partial charge >= 0.3 is 5.97 Å². The van der Waals surface area contributed by atoms with E-state index in [1.54, 1.807) is 19.2 Å². The van der Waals surface area contributed by atoms with E-state index in [0.717, 1.165) is 24.2 Å². The summed E-state index contributed by atoms with van der Waals surface area (Å²) in [7, 11) is 1.60. The molecule has 2 rings (SSSR count). The van der Waals surface area contributed by atoms with Gasteiger partial charge < -0.3 is 9.84 Å². The number of carboxylic acid groups (broad SMARTS) is 1. The molecule has 1 aliphatic carbocycles. The minimum absolute atomic E-state index is 0.339. The second-order valence-corrected chi connectivity index (χ2v) is 4.56. The molecule has 1 aromatic carbocycles. The van der Waals surface area contributed by atoms with Crippen LogP contribution < -0.4 is 4.74 Å². The lowest BCUT2D eigenvalue weighted by Gasteiger charge is -2.25. The Hall–Kier alpha value is -1.51. The molecule has 0 saturated heterocycles. The highest BCUT2D eigenvalue weighted by atomic mass is 16.5. The summed E-state index contributed by atoms with van der Waals surface area (Å²) < 4.78 is 5.33. The fourth-order valence-corrected chi connectivity index (χ4v) is 2.72. The first-order chi connectivity index (χ1) is 8.24. The predicted octanol–water partition coefficient (Wildman–Crippen LogP) is 3.44. The Morgan fingerprint density at radius 1 is 1.29 bits per heavy atom. The molecule has 1 saturated carbocycles. The lowest BCUT2D eigenvalue weighted by Crippen LogP contribution is -2.12. The maximum Gasteiger partial charge on any atom is 0.336 e. The number of carbonyl (C=O) groups is 1. The summed E-state index contributed by atoms with van der Waals surface area (Å²) >= 11 is 0. The van der Waals surface area contributed by atoms with Crippen molar-refractivity contribution in [3.63, 3.8) is 0 Å². The molecule has 17 heavy (non-hydrogen) atoms. The third-order valence-electron chi connectivity index (χ3n) is 3.53. The van der Waals surface area contributed by atoms with Gasteiger partial charge in [0.1, 0.15) is 5.75 Å². The van der Waals surface area contributed by atoms with Gasteiger partial charge in [0, 0.05) is 5.56 Å². The maximum absolute atomic E-state index is 11.3. The van der Waals surface area contributed by atoms with Crippen molar-refractivity contribution in [1.82, 2.24) is 0 Å². The van der Waals surface area contributed by atoms with E-state index in [0.29, 0.717) is 11.5 Å². The van der Waals surface area contributed by atoms with E-state index < -0.39 is 5.97 Å². The quantitative estimate of drug-likeness (QED) is 0.871. The Morgan fingerprint density at radius 2 is 2.00 bits per heavy atom. The van der Waals surface area contributed by atoms with Gasteiger partial charge in [-0.3, -0.25) is 0 Å². The molecule has 3 nitrogen and oxygen atoms in total. The number of rotatable bonds is 3. The molecule has 0 aliphatic heterocycles. The highest BCUT2D eigenvalue weighted by Crippen LogP contribution is 2.39. The van der Waals surface area contributed by atoms with Crippen molar-refractivity contribution < 1.29 is 14.6 Å². The Labute approximate surface area is 101 Å². The number of carboxylic acids is 1. The van der Waals surface area contributed by atoms with Gasteiger partial charge in [0.15, 0.2) is 0 Å². The van der Waals surface area contributed by atoms with Gasteiger partial charge in [0.2, 0.25) is 0 Å². The third-order valence-corrected chi connectivity index (χ3v) is 3.53. The van der Waals surface area contributed by atoms with E-state index in [1.165, 1.54) is 19.3 Å². The van der Waals surface area contributed by atoms with Gasteiger partial charge in [0.05, 0.1) is 12.7 Å². The van der Waals surface area contributed by atoms with E-state index in [4.69, 9.17) is 4.74 Å². The summed E-state index contributed by atoms with van der Waals surface area (Å²) in [4.78, 5) is 11.3. The number of aromatic carboxylic acids is 1. The van der Waals surface area contributed by atoms with Crippen LogP contribution in [0.25, 0.3) is 0 Å². The van der Waals surface area contributed by atoms with E-state index in [-0.39, 0.29) is 0 Å². The van der Waals surface area contributed by atoms with Crippen LogP contribution >= 0.6 is 0 Å². The van der Waals surface area contributed by atoms with Crippen LogP contribution in [0, 0.1) is 0 Å². The number of hydrogen-bond donors (Lipinski definition) is 1. The van der Waals surface area contributed by atoms with Crippen LogP contribution in [0.15, 0.2) is 18.2 Å². The molecule has 1 fully saturated rings. The molecular formula is C14H18O3. The number of benzene rings is 1. The Morgan fingerprint density at radius 3 is 2.59 bits per heavy atom. The summed E-state index contributed by atoms with van der Waals surface area (Å²) in [5.41, 5.74) is 1.29. The Balaban J connectivity index is 2.43. The molecule has 0 spiro atoms. The van der Waals surface area contributed by atoms with Crippen LogP contribution in [0.1, 0.15) is 53.9 Å². The highest BCUT2D eigenvalue weighted by Gasteiger charge is 2.24. The lowest BCUT2D eigenvalue weighted by molar-refractivity contribution is 0.0694.